The molecular weight excluding hydrogens is 671 g/mol. The molecule has 1 heterocycles. The smallest absolute Gasteiger partial charge is 0.0726 e. The molecule has 0 fully saturated rings. The second-order valence-electron chi connectivity index (χ2n) is 15.6. The van der Waals surface area contributed by atoms with Gasteiger partial charge in [-0.25, -0.2) is 0 Å². The van der Waals surface area contributed by atoms with Crippen LogP contribution in [-0.2, 0) is 10.8 Å². The number of hydrogen-bond donors (Lipinski definition) is 0. The number of hydrogen-bond acceptors (Lipinski definition) is 2. The summed E-state index contributed by atoms with van der Waals surface area (Å²) in [6.45, 7) is 4.74. The topological polar surface area (TPSA) is 3.24 Å². The lowest BCUT2D eigenvalue weighted by Crippen LogP contribution is -2.26. The Bertz CT molecular complexity index is 3040. The van der Waals surface area contributed by atoms with Crippen LogP contribution in [0.2, 0.25) is 0 Å². The summed E-state index contributed by atoms with van der Waals surface area (Å²) >= 11 is 1.93. The predicted octanol–water partition coefficient (Wildman–Crippen LogP) is 14.2. The summed E-state index contributed by atoms with van der Waals surface area (Å²) in [6, 6.07) is 66.2. The molecule has 0 saturated heterocycles. The lowest BCUT2D eigenvalue weighted by Gasteiger charge is -2.32. The molecule has 1 aromatic heterocycles. The number of fused-ring (bicyclic) bond motifs is 17. The summed E-state index contributed by atoms with van der Waals surface area (Å²) in [5.41, 5.74) is 19.2. The van der Waals surface area contributed by atoms with Crippen LogP contribution in [0.25, 0.3) is 53.6 Å². The number of rotatable bonds is 3. The second-order valence-corrected chi connectivity index (χ2v) is 16.7. The minimum absolute atomic E-state index is 0.0941. The van der Waals surface area contributed by atoms with Gasteiger partial charge in [-0.2, -0.15) is 0 Å². The van der Waals surface area contributed by atoms with Crippen LogP contribution in [-0.4, -0.2) is 0 Å². The summed E-state index contributed by atoms with van der Waals surface area (Å²) in [6.07, 6.45) is 0. The maximum absolute atomic E-state index is 2.51. The largest absolute Gasteiger partial charge is 0.310 e. The Kier molecular flexibility index (Phi) is 5.99. The molecule has 254 valence electrons. The summed E-state index contributed by atoms with van der Waals surface area (Å²) in [4.78, 5) is 2.47. The average Bonchev–Trinajstić information content (AvgIpc) is 3.91. The lowest BCUT2D eigenvalue weighted by molar-refractivity contribution is 0.660. The number of benzene rings is 8. The molecule has 3 aliphatic carbocycles. The van der Waals surface area contributed by atoms with E-state index in [-0.39, 0.29) is 5.41 Å². The molecule has 0 radical (unpaired) electrons. The monoisotopic (exact) mass is 705 g/mol. The van der Waals surface area contributed by atoms with Crippen LogP contribution in [0.3, 0.4) is 0 Å². The van der Waals surface area contributed by atoms with Gasteiger partial charge in [0, 0.05) is 48.2 Å². The Morgan fingerprint density at radius 2 is 0.944 bits per heavy atom. The quantitative estimate of drug-likeness (QED) is 0.177. The fourth-order valence-corrected chi connectivity index (χ4v) is 11.6. The Hall–Kier alpha value is -6.22. The molecule has 2 heteroatoms. The van der Waals surface area contributed by atoms with Gasteiger partial charge < -0.3 is 4.90 Å². The van der Waals surface area contributed by atoms with Gasteiger partial charge in [0.2, 0.25) is 0 Å². The van der Waals surface area contributed by atoms with Gasteiger partial charge in [-0.05, 0) is 104 Å². The third kappa shape index (κ3) is 3.73. The maximum atomic E-state index is 2.51. The van der Waals surface area contributed by atoms with Gasteiger partial charge in [-0.1, -0.05) is 147 Å². The maximum Gasteiger partial charge on any atom is 0.0726 e. The van der Waals surface area contributed by atoms with Gasteiger partial charge in [-0.3, -0.25) is 0 Å². The molecule has 1 nitrogen and oxygen atoms in total. The van der Waals surface area contributed by atoms with Crippen molar-refractivity contribution < 1.29 is 0 Å². The lowest BCUT2D eigenvalue weighted by atomic mass is 9.70. The normalized spacial score (nSPS) is 16.6. The van der Waals surface area contributed by atoms with Crippen LogP contribution in [0.4, 0.5) is 17.1 Å². The van der Waals surface area contributed by atoms with E-state index in [4.69, 9.17) is 0 Å². The van der Waals surface area contributed by atoms with E-state index in [1.165, 1.54) is 92.6 Å². The Balaban J connectivity index is 1.13. The summed E-state index contributed by atoms with van der Waals surface area (Å²) in [5, 5.41) is 2.69. The molecule has 0 saturated carbocycles. The van der Waals surface area contributed by atoms with E-state index in [1.54, 1.807) is 0 Å². The third-order valence-electron chi connectivity index (χ3n) is 12.7. The molecule has 0 amide bonds. The zero-order valence-corrected chi connectivity index (χ0v) is 30.9. The van der Waals surface area contributed by atoms with E-state index >= 15 is 0 Å². The van der Waals surface area contributed by atoms with Crippen LogP contribution in [0.15, 0.2) is 176 Å². The molecule has 54 heavy (non-hydrogen) atoms. The standard InChI is InChI=1S/C52H35NS/c1-51(2)42-20-10-6-16-35(42)37-26-24-33(30-46(37)51)53(32-14-4-3-5-15-32)34-25-27-38-36-17-7-11-21-43(36)52(47(38)31-34)44-22-12-8-19-41(44)49-45(52)29-28-40-39-18-9-13-23-48(39)54-50(40)49/h3-31H,1-2H3. The Labute approximate surface area is 319 Å². The number of thiophene rings is 1. The van der Waals surface area contributed by atoms with Crippen LogP contribution in [0.5, 0.6) is 0 Å². The van der Waals surface area contributed by atoms with E-state index in [0.717, 1.165) is 11.4 Å². The SMILES string of the molecule is CC1(C)c2ccccc2-c2ccc(N(c3ccccc3)c3ccc4c(c3)C3(c5ccccc5-4)c4ccccc4-c4c3ccc3c4sc4ccccc43)cc21. The molecule has 0 bridgehead atoms. The van der Waals surface area contributed by atoms with E-state index < -0.39 is 5.41 Å². The molecular formula is C52H35NS. The first kappa shape index (κ1) is 30.3. The number of nitrogens with zero attached hydrogens (tertiary/aromatic N) is 1. The van der Waals surface area contributed by atoms with Crippen molar-refractivity contribution in [3.63, 3.8) is 0 Å². The van der Waals surface area contributed by atoms with Crippen molar-refractivity contribution in [1.29, 1.82) is 0 Å². The van der Waals surface area contributed by atoms with Crippen LogP contribution >= 0.6 is 11.3 Å². The number of anilines is 3. The molecule has 0 aliphatic heterocycles. The Morgan fingerprint density at radius 1 is 0.389 bits per heavy atom. The molecule has 9 aromatic rings. The highest BCUT2D eigenvalue weighted by molar-refractivity contribution is 7.26. The van der Waals surface area contributed by atoms with Crippen molar-refractivity contribution in [2.75, 3.05) is 4.90 Å². The van der Waals surface area contributed by atoms with Crippen molar-refractivity contribution in [2.45, 2.75) is 24.7 Å². The third-order valence-corrected chi connectivity index (χ3v) is 13.9. The average molecular weight is 706 g/mol. The van der Waals surface area contributed by atoms with Crippen molar-refractivity contribution in [2.24, 2.45) is 0 Å². The highest BCUT2D eigenvalue weighted by atomic mass is 32.1. The van der Waals surface area contributed by atoms with E-state index in [2.05, 4.69) is 195 Å². The minimum Gasteiger partial charge on any atom is -0.310 e. The van der Waals surface area contributed by atoms with E-state index in [9.17, 15) is 0 Å². The molecule has 1 unspecified atom stereocenters. The second kappa shape index (κ2) is 10.7. The van der Waals surface area contributed by atoms with Gasteiger partial charge in [0.15, 0.2) is 0 Å². The predicted molar refractivity (Wildman–Crippen MR) is 228 cm³/mol. The molecule has 3 aliphatic rings. The first-order chi connectivity index (χ1) is 26.5. The van der Waals surface area contributed by atoms with Crippen LogP contribution < -0.4 is 4.90 Å². The van der Waals surface area contributed by atoms with Gasteiger partial charge >= 0.3 is 0 Å². The fraction of sp³-hybridized carbons (Fsp3) is 0.0769. The van der Waals surface area contributed by atoms with E-state index in [0.29, 0.717) is 0 Å². The van der Waals surface area contributed by atoms with Crippen LogP contribution in [0.1, 0.15) is 47.2 Å². The molecule has 1 spiro atoms. The van der Waals surface area contributed by atoms with Crippen molar-refractivity contribution >= 4 is 48.6 Å². The van der Waals surface area contributed by atoms with Gasteiger partial charge in [0.05, 0.1) is 5.41 Å². The van der Waals surface area contributed by atoms with Gasteiger partial charge in [0.1, 0.15) is 0 Å². The fourth-order valence-electron chi connectivity index (χ4n) is 10.4. The summed E-state index contributed by atoms with van der Waals surface area (Å²) in [5.74, 6) is 0. The van der Waals surface area contributed by atoms with Crippen molar-refractivity contribution in [1.82, 2.24) is 0 Å². The molecule has 0 N–H and O–H groups in total. The zero-order chi connectivity index (χ0) is 35.8. The first-order valence-corrected chi connectivity index (χ1v) is 19.8. The number of para-hydroxylation sites is 1. The molecule has 12 rings (SSSR count). The van der Waals surface area contributed by atoms with Crippen molar-refractivity contribution in [3.05, 3.63) is 209 Å². The Morgan fingerprint density at radius 3 is 1.70 bits per heavy atom. The van der Waals surface area contributed by atoms with Crippen LogP contribution in [0, 0.1) is 0 Å². The molecule has 1 atom stereocenters. The zero-order valence-electron chi connectivity index (χ0n) is 30.1. The summed E-state index contributed by atoms with van der Waals surface area (Å²) in [7, 11) is 0. The minimum atomic E-state index is -0.442. The van der Waals surface area contributed by atoms with E-state index in [1.807, 2.05) is 11.3 Å². The first-order valence-electron chi connectivity index (χ1n) is 18.9. The highest BCUT2D eigenvalue weighted by Gasteiger charge is 2.52. The molecule has 8 aromatic carbocycles. The summed E-state index contributed by atoms with van der Waals surface area (Å²) < 4.78 is 2.72. The van der Waals surface area contributed by atoms with Crippen molar-refractivity contribution in [3.8, 4) is 33.4 Å². The highest BCUT2D eigenvalue weighted by Crippen LogP contribution is 2.65. The van der Waals surface area contributed by atoms with Gasteiger partial charge in [0.25, 0.3) is 0 Å². The van der Waals surface area contributed by atoms with Gasteiger partial charge in [-0.15, -0.1) is 11.3 Å².